The maximum Gasteiger partial charge on any atom is 0.191 e. The second-order valence-electron chi connectivity index (χ2n) is 4.22. The largest absolute Gasteiger partial charge is 0.306 e. The maximum atomic E-state index is 12.8. The van der Waals surface area contributed by atoms with Crippen molar-refractivity contribution in [3.63, 3.8) is 0 Å². The van der Waals surface area contributed by atoms with Crippen LogP contribution in [0.2, 0.25) is 0 Å². The number of benzene rings is 1. The van der Waals surface area contributed by atoms with Crippen molar-refractivity contribution in [2.45, 2.75) is 32.0 Å². The molecule has 0 aliphatic rings. The van der Waals surface area contributed by atoms with Crippen LogP contribution < -0.4 is 0 Å². The van der Waals surface area contributed by atoms with Gasteiger partial charge in [-0.3, -0.25) is 4.79 Å². The van der Waals surface area contributed by atoms with Gasteiger partial charge in [0, 0.05) is 18.5 Å². The maximum absolute atomic E-state index is 12.8. The van der Waals surface area contributed by atoms with E-state index in [1.54, 1.807) is 0 Å². The van der Waals surface area contributed by atoms with Gasteiger partial charge in [0.25, 0.3) is 0 Å². The van der Waals surface area contributed by atoms with E-state index in [1.807, 2.05) is 18.4 Å². The molecule has 0 fully saturated rings. The Kier molecular flexibility index (Phi) is 4.89. The van der Waals surface area contributed by atoms with Gasteiger partial charge in [0.1, 0.15) is 11.6 Å². The first-order valence-corrected chi connectivity index (χ1v) is 7.47. The van der Waals surface area contributed by atoms with Gasteiger partial charge in [0.05, 0.1) is 5.75 Å². The summed E-state index contributed by atoms with van der Waals surface area (Å²) in [5.74, 6) is 0.809. The Bertz CT molecular complexity index is 595. The van der Waals surface area contributed by atoms with Crippen LogP contribution in [0.5, 0.6) is 0 Å². The van der Waals surface area contributed by atoms with Crippen molar-refractivity contribution in [1.82, 2.24) is 14.8 Å². The van der Waals surface area contributed by atoms with E-state index >= 15 is 0 Å². The number of aryl methyl sites for hydroxylation is 1. The van der Waals surface area contributed by atoms with E-state index in [9.17, 15) is 9.18 Å². The molecule has 6 heteroatoms. The molecule has 0 spiro atoms. The predicted molar refractivity (Wildman–Crippen MR) is 76.5 cm³/mol. The van der Waals surface area contributed by atoms with Crippen LogP contribution in [0.4, 0.5) is 4.39 Å². The quantitative estimate of drug-likeness (QED) is 0.607. The average molecular weight is 293 g/mol. The molecule has 4 nitrogen and oxygen atoms in total. The highest BCUT2D eigenvalue weighted by Crippen LogP contribution is 2.19. The lowest BCUT2D eigenvalue weighted by atomic mass is 10.1. The molecule has 1 aromatic carbocycles. The number of ketones is 1. The van der Waals surface area contributed by atoms with Crippen LogP contribution in [0.1, 0.15) is 30.0 Å². The highest BCUT2D eigenvalue weighted by molar-refractivity contribution is 7.99. The number of hydrogen-bond acceptors (Lipinski definition) is 4. The third-order valence-electron chi connectivity index (χ3n) is 2.92. The topological polar surface area (TPSA) is 47.8 Å². The first kappa shape index (κ1) is 14.7. The first-order chi connectivity index (χ1) is 9.65. The van der Waals surface area contributed by atoms with Crippen molar-refractivity contribution in [3.8, 4) is 0 Å². The van der Waals surface area contributed by atoms with Crippen molar-refractivity contribution in [3.05, 3.63) is 41.5 Å². The highest BCUT2D eigenvalue weighted by atomic mass is 32.2. The molecule has 0 aliphatic carbocycles. The first-order valence-electron chi connectivity index (χ1n) is 6.49. The van der Waals surface area contributed by atoms with E-state index < -0.39 is 0 Å². The van der Waals surface area contributed by atoms with Crippen LogP contribution in [-0.2, 0) is 13.0 Å². The molecular weight excluding hydrogens is 277 g/mol. The van der Waals surface area contributed by atoms with Gasteiger partial charge in [0.15, 0.2) is 10.9 Å². The summed E-state index contributed by atoms with van der Waals surface area (Å²) in [5.41, 5.74) is 0.511. The SMILES string of the molecule is CCc1nnc(SCC(=O)c2ccc(F)cc2)n1CC. The zero-order valence-corrected chi connectivity index (χ0v) is 12.3. The molecule has 1 heterocycles. The summed E-state index contributed by atoms with van der Waals surface area (Å²) in [6, 6.07) is 5.59. The summed E-state index contributed by atoms with van der Waals surface area (Å²) >= 11 is 1.36. The lowest BCUT2D eigenvalue weighted by molar-refractivity contribution is 0.102. The van der Waals surface area contributed by atoms with E-state index in [4.69, 9.17) is 0 Å². The van der Waals surface area contributed by atoms with Gasteiger partial charge in [-0.25, -0.2) is 4.39 Å². The van der Waals surface area contributed by atoms with Gasteiger partial charge in [0.2, 0.25) is 0 Å². The fourth-order valence-electron chi connectivity index (χ4n) is 1.85. The number of halogens is 1. The molecule has 0 saturated heterocycles. The molecule has 1 aromatic heterocycles. The molecule has 106 valence electrons. The van der Waals surface area contributed by atoms with Gasteiger partial charge < -0.3 is 4.57 Å². The molecule has 0 amide bonds. The van der Waals surface area contributed by atoms with Crippen LogP contribution in [0.25, 0.3) is 0 Å². The zero-order chi connectivity index (χ0) is 14.5. The monoisotopic (exact) mass is 293 g/mol. The number of aromatic nitrogens is 3. The fourth-order valence-corrected chi connectivity index (χ4v) is 2.77. The normalized spacial score (nSPS) is 10.8. The van der Waals surface area contributed by atoms with Gasteiger partial charge in [-0.2, -0.15) is 0 Å². The summed E-state index contributed by atoms with van der Waals surface area (Å²) in [6.07, 6.45) is 0.813. The smallest absolute Gasteiger partial charge is 0.191 e. The molecular formula is C14H16FN3OS. The lowest BCUT2D eigenvalue weighted by Crippen LogP contribution is -2.06. The van der Waals surface area contributed by atoms with Crippen LogP contribution in [0.3, 0.4) is 0 Å². The lowest BCUT2D eigenvalue weighted by Gasteiger charge is -2.05. The summed E-state index contributed by atoms with van der Waals surface area (Å²) in [7, 11) is 0. The van der Waals surface area contributed by atoms with Crippen LogP contribution in [0, 0.1) is 5.82 Å². The van der Waals surface area contributed by atoms with Gasteiger partial charge >= 0.3 is 0 Å². The van der Waals surface area contributed by atoms with Crippen molar-refractivity contribution in [1.29, 1.82) is 0 Å². The Morgan fingerprint density at radius 1 is 1.25 bits per heavy atom. The van der Waals surface area contributed by atoms with Crippen molar-refractivity contribution >= 4 is 17.5 Å². The second kappa shape index (κ2) is 6.65. The third-order valence-corrected chi connectivity index (χ3v) is 3.89. The molecule has 0 radical (unpaired) electrons. The van der Waals surface area contributed by atoms with Gasteiger partial charge in [-0.15, -0.1) is 10.2 Å². The molecule has 0 atom stereocenters. The van der Waals surface area contributed by atoms with Gasteiger partial charge in [-0.1, -0.05) is 18.7 Å². The number of rotatable bonds is 6. The van der Waals surface area contributed by atoms with E-state index in [-0.39, 0.29) is 17.4 Å². The number of thioether (sulfide) groups is 1. The second-order valence-corrected chi connectivity index (χ2v) is 5.16. The summed E-state index contributed by atoms with van der Waals surface area (Å²) in [4.78, 5) is 12.0. The Labute approximate surface area is 121 Å². The van der Waals surface area contributed by atoms with E-state index in [0.29, 0.717) is 5.56 Å². The fraction of sp³-hybridized carbons (Fsp3) is 0.357. The molecule has 0 unspecified atom stereocenters. The number of carbonyl (C=O) groups excluding carboxylic acids is 1. The van der Waals surface area contributed by atoms with Crippen molar-refractivity contribution < 1.29 is 9.18 Å². The standard InChI is InChI=1S/C14H16FN3OS/c1-3-13-16-17-14(18(13)4-2)20-9-12(19)10-5-7-11(15)8-6-10/h5-8H,3-4,9H2,1-2H3. The molecule has 2 aromatic rings. The minimum atomic E-state index is -0.340. The van der Waals surface area contributed by atoms with Crippen molar-refractivity contribution in [2.24, 2.45) is 0 Å². The molecule has 0 aliphatic heterocycles. The Morgan fingerprint density at radius 2 is 1.95 bits per heavy atom. The van der Waals surface area contributed by atoms with E-state index in [0.717, 1.165) is 23.9 Å². The van der Waals surface area contributed by atoms with E-state index in [2.05, 4.69) is 10.2 Å². The molecule has 0 N–H and O–H groups in total. The van der Waals surface area contributed by atoms with Crippen LogP contribution >= 0.6 is 11.8 Å². The summed E-state index contributed by atoms with van der Waals surface area (Å²) in [6.45, 7) is 4.83. The van der Waals surface area contributed by atoms with Crippen LogP contribution in [0.15, 0.2) is 29.4 Å². The molecule has 20 heavy (non-hydrogen) atoms. The summed E-state index contributed by atoms with van der Waals surface area (Å²) < 4.78 is 14.8. The number of hydrogen-bond donors (Lipinski definition) is 0. The van der Waals surface area contributed by atoms with E-state index in [1.165, 1.54) is 36.0 Å². The van der Waals surface area contributed by atoms with Gasteiger partial charge in [-0.05, 0) is 31.2 Å². The molecule has 0 saturated carbocycles. The highest BCUT2D eigenvalue weighted by Gasteiger charge is 2.13. The zero-order valence-electron chi connectivity index (χ0n) is 11.5. The minimum Gasteiger partial charge on any atom is -0.306 e. The molecule has 0 bridgehead atoms. The van der Waals surface area contributed by atoms with Crippen LogP contribution in [-0.4, -0.2) is 26.3 Å². The average Bonchev–Trinajstić information content (AvgIpc) is 2.87. The third kappa shape index (κ3) is 3.25. The Hall–Kier alpha value is -1.69. The minimum absolute atomic E-state index is 0.0429. The molecule has 2 rings (SSSR count). The Balaban J connectivity index is 2.03. The number of carbonyl (C=O) groups is 1. The number of Topliss-reactive ketones (excluding diaryl/α,β-unsaturated/α-hetero) is 1. The Morgan fingerprint density at radius 3 is 2.55 bits per heavy atom. The number of nitrogens with zero attached hydrogens (tertiary/aromatic N) is 3. The predicted octanol–water partition coefficient (Wildman–Crippen LogP) is 2.97. The van der Waals surface area contributed by atoms with Crippen molar-refractivity contribution in [2.75, 3.05) is 5.75 Å². The summed E-state index contributed by atoms with van der Waals surface area (Å²) in [5, 5.41) is 8.95.